The van der Waals surface area contributed by atoms with Gasteiger partial charge in [-0.2, -0.15) is 0 Å². The van der Waals surface area contributed by atoms with Gasteiger partial charge in [-0.15, -0.1) is 0 Å². The van der Waals surface area contributed by atoms with Gasteiger partial charge in [-0.05, 0) is 44.0 Å². The van der Waals surface area contributed by atoms with Crippen molar-refractivity contribution >= 4 is 11.6 Å². The fourth-order valence-corrected chi connectivity index (χ4v) is 4.45. The van der Waals surface area contributed by atoms with E-state index in [1.54, 1.807) is 7.11 Å². The molecule has 1 aromatic rings. The molecule has 2 aliphatic rings. The Kier molecular flexibility index (Phi) is 7.71. The summed E-state index contributed by atoms with van der Waals surface area (Å²) >= 11 is 0. The van der Waals surface area contributed by atoms with Crippen LogP contribution < -0.4 is 15.4 Å². The largest absolute Gasteiger partial charge is 0.497 e. The monoisotopic (exact) mass is 389 g/mol. The van der Waals surface area contributed by atoms with Crippen molar-refractivity contribution in [2.24, 2.45) is 0 Å². The molecule has 1 aliphatic carbocycles. The molecule has 28 heavy (non-hydrogen) atoms. The molecule has 1 amide bonds. The number of morpholine rings is 1. The van der Waals surface area contributed by atoms with E-state index >= 15 is 0 Å². The first-order valence-corrected chi connectivity index (χ1v) is 10.6. The van der Waals surface area contributed by atoms with Crippen LogP contribution in [0, 0.1) is 0 Å². The van der Waals surface area contributed by atoms with Gasteiger partial charge < -0.3 is 20.1 Å². The zero-order chi connectivity index (χ0) is 19.8. The van der Waals surface area contributed by atoms with Crippen molar-refractivity contribution in [3.05, 3.63) is 24.3 Å². The van der Waals surface area contributed by atoms with Crippen LogP contribution in [0.3, 0.4) is 0 Å². The summed E-state index contributed by atoms with van der Waals surface area (Å²) in [4.78, 5) is 15.0. The Morgan fingerprint density at radius 1 is 1.18 bits per heavy atom. The lowest BCUT2D eigenvalue weighted by molar-refractivity contribution is -0.116. The van der Waals surface area contributed by atoms with Crippen LogP contribution in [0.4, 0.5) is 5.69 Å². The van der Waals surface area contributed by atoms with Crippen LogP contribution in [0.5, 0.6) is 5.75 Å². The lowest BCUT2D eigenvalue weighted by atomic mass is 9.79. The fourth-order valence-electron chi connectivity index (χ4n) is 4.45. The van der Waals surface area contributed by atoms with Crippen molar-refractivity contribution in [1.29, 1.82) is 0 Å². The Hall–Kier alpha value is -1.63. The van der Waals surface area contributed by atoms with Gasteiger partial charge in [0.05, 0.1) is 20.3 Å². The molecule has 6 nitrogen and oxygen atoms in total. The Morgan fingerprint density at radius 3 is 2.50 bits per heavy atom. The predicted molar refractivity (Wildman–Crippen MR) is 112 cm³/mol. The van der Waals surface area contributed by atoms with Gasteiger partial charge in [-0.25, -0.2) is 0 Å². The molecule has 1 aliphatic heterocycles. The molecule has 2 fully saturated rings. The van der Waals surface area contributed by atoms with E-state index in [-0.39, 0.29) is 17.5 Å². The van der Waals surface area contributed by atoms with Crippen LogP contribution in [0.25, 0.3) is 0 Å². The van der Waals surface area contributed by atoms with E-state index in [1.807, 2.05) is 24.3 Å². The van der Waals surface area contributed by atoms with Crippen LogP contribution in [0.1, 0.15) is 45.4 Å². The number of carbonyl (C=O) groups is 1. The van der Waals surface area contributed by atoms with Crippen molar-refractivity contribution in [3.63, 3.8) is 0 Å². The third-order valence-electron chi connectivity index (χ3n) is 6.11. The fraction of sp³-hybridized carbons (Fsp3) is 0.682. The Balaban J connectivity index is 1.49. The molecule has 1 heterocycles. The van der Waals surface area contributed by atoms with Gasteiger partial charge >= 0.3 is 0 Å². The van der Waals surface area contributed by atoms with Gasteiger partial charge in [0.15, 0.2) is 0 Å². The van der Waals surface area contributed by atoms with Crippen molar-refractivity contribution in [2.75, 3.05) is 45.3 Å². The second-order valence-electron chi connectivity index (χ2n) is 8.15. The number of hydrogen-bond acceptors (Lipinski definition) is 5. The number of benzene rings is 1. The summed E-state index contributed by atoms with van der Waals surface area (Å²) in [5.74, 6) is 0.822. The first kappa shape index (κ1) is 21.1. The van der Waals surface area contributed by atoms with E-state index in [0.717, 1.165) is 44.3 Å². The SMILES string of the molecule is COc1ccc(NC(=O)C[C@H](C)NCC2(N3CCOCC3)CCCCC2)cc1. The zero-order valence-corrected chi connectivity index (χ0v) is 17.3. The molecule has 1 saturated heterocycles. The lowest BCUT2D eigenvalue weighted by Crippen LogP contribution is -2.60. The number of carbonyl (C=O) groups excluding carboxylic acids is 1. The summed E-state index contributed by atoms with van der Waals surface area (Å²) in [5, 5.41) is 6.64. The van der Waals surface area contributed by atoms with E-state index in [0.29, 0.717) is 6.42 Å². The summed E-state index contributed by atoms with van der Waals surface area (Å²) in [5.41, 5.74) is 1.03. The summed E-state index contributed by atoms with van der Waals surface area (Å²) in [6.45, 7) is 6.76. The highest BCUT2D eigenvalue weighted by Crippen LogP contribution is 2.34. The summed E-state index contributed by atoms with van der Waals surface area (Å²) in [7, 11) is 1.64. The van der Waals surface area contributed by atoms with E-state index in [1.165, 1.54) is 32.1 Å². The first-order chi connectivity index (χ1) is 13.6. The number of nitrogens with zero attached hydrogens (tertiary/aromatic N) is 1. The number of ether oxygens (including phenoxy) is 2. The van der Waals surface area contributed by atoms with Crippen LogP contribution >= 0.6 is 0 Å². The maximum Gasteiger partial charge on any atom is 0.225 e. The quantitative estimate of drug-likeness (QED) is 0.716. The predicted octanol–water partition coefficient (Wildman–Crippen LogP) is 3.04. The molecule has 0 radical (unpaired) electrons. The molecule has 1 atom stereocenters. The van der Waals surface area contributed by atoms with Crippen LogP contribution in [-0.2, 0) is 9.53 Å². The number of amides is 1. The highest BCUT2D eigenvalue weighted by atomic mass is 16.5. The molecule has 0 spiro atoms. The molecule has 3 rings (SSSR count). The summed E-state index contributed by atoms with van der Waals surface area (Å²) in [6.07, 6.45) is 6.88. The molecular weight excluding hydrogens is 354 g/mol. The topological polar surface area (TPSA) is 62.8 Å². The normalized spacial score (nSPS) is 21.1. The maximum atomic E-state index is 12.4. The average molecular weight is 390 g/mol. The standard InChI is InChI=1S/C22H35N3O3/c1-18(16-21(26)24-19-6-8-20(27-2)9-7-19)23-17-22(10-4-3-5-11-22)25-12-14-28-15-13-25/h6-9,18,23H,3-5,10-17H2,1-2H3,(H,24,26)/t18-/m0/s1. The van der Waals surface area contributed by atoms with E-state index < -0.39 is 0 Å². The molecule has 0 unspecified atom stereocenters. The first-order valence-electron chi connectivity index (χ1n) is 10.6. The van der Waals surface area contributed by atoms with Crippen LogP contribution in [0.2, 0.25) is 0 Å². The van der Waals surface area contributed by atoms with Crippen molar-refractivity contribution in [1.82, 2.24) is 10.2 Å². The van der Waals surface area contributed by atoms with Crippen LogP contribution in [0.15, 0.2) is 24.3 Å². The van der Waals surface area contributed by atoms with E-state index in [2.05, 4.69) is 22.5 Å². The molecular formula is C22H35N3O3. The number of rotatable bonds is 8. The van der Waals surface area contributed by atoms with Gasteiger partial charge in [0.2, 0.25) is 5.91 Å². The van der Waals surface area contributed by atoms with Gasteiger partial charge in [0, 0.05) is 43.3 Å². The van der Waals surface area contributed by atoms with Gasteiger partial charge in [-0.1, -0.05) is 19.3 Å². The number of anilines is 1. The van der Waals surface area contributed by atoms with Crippen molar-refractivity contribution in [2.45, 2.75) is 57.0 Å². The molecule has 0 bridgehead atoms. The van der Waals surface area contributed by atoms with Gasteiger partial charge in [0.1, 0.15) is 5.75 Å². The second kappa shape index (κ2) is 10.2. The van der Waals surface area contributed by atoms with Crippen molar-refractivity contribution < 1.29 is 14.3 Å². The highest BCUT2D eigenvalue weighted by molar-refractivity contribution is 5.91. The lowest BCUT2D eigenvalue weighted by Gasteiger charge is -2.48. The highest BCUT2D eigenvalue weighted by Gasteiger charge is 2.38. The Morgan fingerprint density at radius 2 is 1.86 bits per heavy atom. The van der Waals surface area contributed by atoms with Gasteiger partial charge in [0.25, 0.3) is 0 Å². The van der Waals surface area contributed by atoms with E-state index in [4.69, 9.17) is 9.47 Å². The molecule has 2 N–H and O–H groups in total. The zero-order valence-electron chi connectivity index (χ0n) is 17.3. The number of nitrogens with one attached hydrogen (secondary N) is 2. The number of hydrogen-bond donors (Lipinski definition) is 2. The minimum absolute atomic E-state index is 0.0363. The van der Waals surface area contributed by atoms with Gasteiger partial charge in [-0.3, -0.25) is 9.69 Å². The summed E-state index contributed by atoms with van der Waals surface area (Å²) in [6, 6.07) is 7.58. The second-order valence-corrected chi connectivity index (χ2v) is 8.15. The molecule has 0 aromatic heterocycles. The van der Waals surface area contributed by atoms with Crippen molar-refractivity contribution in [3.8, 4) is 5.75 Å². The minimum atomic E-state index is 0.0363. The maximum absolute atomic E-state index is 12.4. The van der Waals surface area contributed by atoms with E-state index in [9.17, 15) is 4.79 Å². The smallest absolute Gasteiger partial charge is 0.225 e. The molecule has 1 saturated carbocycles. The molecule has 6 heteroatoms. The molecule has 1 aromatic carbocycles. The molecule has 156 valence electrons. The summed E-state index contributed by atoms with van der Waals surface area (Å²) < 4.78 is 10.7. The third-order valence-corrected chi connectivity index (χ3v) is 6.11. The Labute approximate surface area is 169 Å². The third kappa shape index (κ3) is 5.69. The van der Waals surface area contributed by atoms with Crippen LogP contribution in [-0.4, -0.2) is 62.3 Å². The minimum Gasteiger partial charge on any atom is -0.497 e. The number of methoxy groups -OCH3 is 1. The Bertz CT molecular complexity index is 608. The average Bonchev–Trinajstić information content (AvgIpc) is 2.74.